The number of hydrogen-bond donors (Lipinski definition) is 2. The average Bonchev–Trinajstić information content (AvgIpc) is 3.18. The number of nitrogens with one attached hydrogen (secondary N) is 1. The van der Waals surface area contributed by atoms with E-state index in [0.717, 1.165) is 18.4 Å². The number of carboxylic acid groups (broad SMARTS) is 1. The van der Waals surface area contributed by atoms with Gasteiger partial charge in [-0.2, -0.15) is 0 Å². The molecule has 2 rings (SSSR count). The monoisotopic (exact) mass is 261 g/mol. The van der Waals surface area contributed by atoms with Gasteiger partial charge in [0, 0.05) is 6.54 Å². The number of benzene rings is 1. The number of hydrogen-bond acceptors (Lipinski definition) is 2. The number of carbonyl (C=O) groups excluding carboxylic acids is 1. The minimum atomic E-state index is -0.942. The highest BCUT2D eigenvalue weighted by molar-refractivity contribution is 5.91. The van der Waals surface area contributed by atoms with E-state index in [9.17, 15) is 9.59 Å². The Morgan fingerprint density at radius 2 is 1.84 bits per heavy atom. The Labute approximate surface area is 112 Å². The summed E-state index contributed by atoms with van der Waals surface area (Å²) in [6.45, 7) is 3.37. The Morgan fingerprint density at radius 3 is 2.32 bits per heavy atom. The van der Waals surface area contributed by atoms with Gasteiger partial charge in [0.15, 0.2) is 0 Å². The maximum absolute atomic E-state index is 12.3. The van der Waals surface area contributed by atoms with Crippen molar-refractivity contribution < 1.29 is 14.7 Å². The maximum atomic E-state index is 12.3. The maximum Gasteiger partial charge on any atom is 0.310 e. The summed E-state index contributed by atoms with van der Waals surface area (Å²) in [5.74, 6) is -0.967. The molecule has 0 saturated heterocycles. The Balaban J connectivity index is 2.04. The van der Waals surface area contributed by atoms with Crippen LogP contribution in [0.3, 0.4) is 0 Å². The van der Waals surface area contributed by atoms with Crippen molar-refractivity contribution in [1.29, 1.82) is 0 Å². The molecule has 0 aliphatic heterocycles. The van der Waals surface area contributed by atoms with Gasteiger partial charge < -0.3 is 10.4 Å². The van der Waals surface area contributed by atoms with E-state index >= 15 is 0 Å². The van der Waals surface area contributed by atoms with Gasteiger partial charge >= 0.3 is 5.97 Å². The average molecular weight is 261 g/mol. The largest absolute Gasteiger partial charge is 0.481 e. The first-order chi connectivity index (χ1) is 8.88. The van der Waals surface area contributed by atoms with Gasteiger partial charge in [0.05, 0.1) is 10.8 Å². The summed E-state index contributed by atoms with van der Waals surface area (Å²) in [7, 11) is 0. The van der Waals surface area contributed by atoms with Crippen molar-refractivity contribution in [2.45, 2.75) is 32.1 Å². The molecule has 4 nitrogen and oxygen atoms in total. The SMILES string of the molecule is CC(C)(CNC(=O)C1(c2ccccc2)CC1)C(=O)O. The molecule has 1 amide bonds. The topological polar surface area (TPSA) is 66.4 Å². The molecule has 1 aromatic carbocycles. The lowest BCUT2D eigenvalue weighted by Crippen LogP contribution is -2.43. The number of carbonyl (C=O) groups is 2. The van der Waals surface area contributed by atoms with Crippen LogP contribution in [0.25, 0.3) is 0 Å². The van der Waals surface area contributed by atoms with Crippen LogP contribution < -0.4 is 5.32 Å². The Hall–Kier alpha value is -1.84. The van der Waals surface area contributed by atoms with Gasteiger partial charge in [-0.1, -0.05) is 30.3 Å². The van der Waals surface area contributed by atoms with E-state index in [0.29, 0.717) is 0 Å². The third-order valence-corrected chi connectivity index (χ3v) is 3.78. The highest BCUT2D eigenvalue weighted by Gasteiger charge is 2.51. The van der Waals surface area contributed by atoms with Crippen molar-refractivity contribution in [3.05, 3.63) is 35.9 Å². The smallest absolute Gasteiger partial charge is 0.310 e. The van der Waals surface area contributed by atoms with E-state index in [1.165, 1.54) is 0 Å². The fraction of sp³-hybridized carbons (Fsp3) is 0.467. The van der Waals surface area contributed by atoms with Crippen LogP contribution in [0.2, 0.25) is 0 Å². The summed E-state index contributed by atoms with van der Waals surface area (Å²) in [4.78, 5) is 23.3. The Bertz CT molecular complexity index is 489. The zero-order chi connectivity index (χ0) is 14.1. The molecule has 1 fully saturated rings. The molecular weight excluding hydrogens is 242 g/mol. The van der Waals surface area contributed by atoms with Crippen molar-refractivity contribution in [1.82, 2.24) is 5.32 Å². The van der Waals surface area contributed by atoms with Gasteiger partial charge in [-0.05, 0) is 32.3 Å². The molecule has 0 spiro atoms. The second kappa shape index (κ2) is 4.68. The second-order valence-corrected chi connectivity index (χ2v) is 5.82. The number of amides is 1. The third kappa shape index (κ3) is 2.62. The fourth-order valence-corrected chi connectivity index (χ4v) is 2.08. The molecular formula is C15H19NO3. The van der Waals surface area contributed by atoms with Crippen molar-refractivity contribution in [2.24, 2.45) is 5.41 Å². The van der Waals surface area contributed by atoms with Gasteiger partial charge in [-0.15, -0.1) is 0 Å². The van der Waals surface area contributed by atoms with Crippen LogP contribution >= 0.6 is 0 Å². The van der Waals surface area contributed by atoms with E-state index in [2.05, 4.69) is 5.32 Å². The number of carboxylic acids is 1. The molecule has 0 unspecified atom stereocenters. The predicted molar refractivity (Wildman–Crippen MR) is 71.8 cm³/mol. The molecule has 0 heterocycles. The zero-order valence-corrected chi connectivity index (χ0v) is 11.3. The van der Waals surface area contributed by atoms with Gasteiger partial charge in [-0.25, -0.2) is 0 Å². The molecule has 1 saturated carbocycles. The summed E-state index contributed by atoms with van der Waals surface area (Å²) in [5, 5.41) is 11.8. The normalized spacial score (nSPS) is 16.7. The predicted octanol–water partition coefficient (Wildman–Crippen LogP) is 1.95. The Kier molecular flexibility index (Phi) is 3.35. The Morgan fingerprint density at radius 1 is 1.26 bits per heavy atom. The molecule has 4 heteroatoms. The van der Waals surface area contributed by atoms with Gasteiger partial charge in [-0.3, -0.25) is 9.59 Å². The third-order valence-electron chi connectivity index (χ3n) is 3.78. The second-order valence-electron chi connectivity index (χ2n) is 5.82. The minimum absolute atomic E-state index is 0.0620. The molecule has 0 bridgehead atoms. The quantitative estimate of drug-likeness (QED) is 0.851. The molecule has 1 aliphatic carbocycles. The molecule has 0 atom stereocenters. The summed E-state index contributed by atoms with van der Waals surface area (Å²) in [5.41, 5.74) is -0.362. The van der Waals surface area contributed by atoms with Crippen molar-refractivity contribution >= 4 is 11.9 Å². The van der Waals surface area contributed by atoms with Crippen LogP contribution in [0.5, 0.6) is 0 Å². The highest BCUT2D eigenvalue weighted by atomic mass is 16.4. The first-order valence-corrected chi connectivity index (χ1v) is 6.46. The molecule has 0 radical (unpaired) electrons. The molecule has 19 heavy (non-hydrogen) atoms. The van der Waals surface area contributed by atoms with Crippen LogP contribution in [0.4, 0.5) is 0 Å². The van der Waals surface area contributed by atoms with Crippen LogP contribution in [-0.4, -0.2) is 23.5 Å². The van der Waals surface area contributed by atoms with E-state index < -0.39 is 16.8 Å². The van der Waals surface area contributed by atoms with Crippen molar-refractivity contribution in [2.75, 3.05) is 6.54 Å². The molecule has 0 aromatic heterocycles. The summed E-state index contributed by atoms with van der Waals surface area (Å²) >= 11 is 0. The summed E-state index contributed by atoms with van der Waals surface area (Å²) in [6.07, 6.45) is 1.66. The van der Waals surface area contributed by atoms with E-state index in [1.54, 1.807) is 13.8 Å². The molecule has 2 N–H and O–H groups in total. The summed E-state index contributed by atoms with van der Waals surface area (Å²) < 4.78 is 0. The van der Waals surface area contributed by atoms with Crippen LogP contribution in [-0.2, 0) is 15.0 Å². The molecule has 1 aliphatic rings. The standard InChI is InChI=1S/C15H19NO3/c1-14(2,13(18)19)10-16-12(17)15(8-9-15)11-6-4-3-5-7-11/h3-7H,8-10H2,1-2H3,(H,16,17)(H,18,19). The van der Waals surface area contributed by atoms with E-state index in [4.69, 9.17) is 5.11 Å². The van der Waals surface area contributed by atoms with Crippen LogP contribution in [0, 0.1) is 5.41 Å². The number of rotatable bonds is 5. The highest BCUT2D eigenvalue weighted by Crippen LogP contribution is 2.48. The lowest BCUT2D eigenvalue weighted by Gasteiger charge is -2.22. The van der Waals surface area contributed by atoms with Crippen molar-refractivity contribution in [3.63, 3.8) is 0 Å². The van der Waals surface area contributed by atoms with Gasteiger partial charge in [0.25, 0.3) is 0 Å². The number of aliphatic carboxylic acids is 1. The minimum Gasteiger partial charge on any atom is -0.481 e. The summed E-state index contributed by atoms with van der Waals surface area (Å²) in [6, 6.07) is 9.67. The van der Waals surface area contributed by atoms with Gasteiger partial charge in [0.1, 0.15) is 0 Å². The first-order valence-electron chi connectivity index (χ1n) is 6.46. The molecule has 102 valence electrons. The van der Waals surface area contributed by atoms with Gasteiger partial charge in [0.2, 0.25) is 5.91 Å². The van der Waals surface area contributed by atoms with Crippen molar-refractivity contribution in [3.8, 4) is 0 Å². The lowest BCUT2D eigenvalue weighted by molar-refractivity contribution is -0.146. The zero-order valence-electron chi connectivity index (χ0n) is 11.3. The molecule has 1 aromatic rings. The van der Waals surface area contributed by atoms with E-state index in [-0.39, 0.29) is 12.5 Å². The fourth-order valence-electron chi connectivity index (χ4n) is 2.08. The first kappa shape index (κ1) is 13.6. The lowest BCUT2D eigenvalue weighted by atomic mass is 9.91. The van der Waals surface area contributed by atoms with Crippen LogP contribution in [0.1, 0.15) is 32.3 Å². The van der Waals surface area contributed by atoms with Crippen LogP contribution in [0.15, 0.2) is 30.3 Å². The van der Waals surface area contributed by atoms with E-state index in [1.807, 2.05) is 30.3 Å².